The molecule has 0 heteroatoms. The molecule has 0 heterocycles. The third-order valence-electron chi connectivity index (χ3n) is 8.00. The Morgan fingerprint density at radius 2 is 1.94 bits per heavy atom. The Hall–Kier alpha value is -2.60. The molecule has 2 aromatic rings. The van der Waals surface area contributed by atoms with Crippen LogP contribution in [0.1, 0.15) is 80.3 Å². The van der Waals surface area contributed by atoms with E-state index >= 15 is 0 Å². The van der Waals surface area contributed by atoms with Crippen molar-refractivity contribution in [2.24, 2.45) is 5.92 Å². The summed E-state index contributed by atoms with van der Waals surface area (Å²) in [5, 5.41) is 0. The number of aryl methyl sites for hydroxylation is 1. The molecule has 0 N–H and O–H groups in total. The molecule has 2 unspecified atom stereocenters. The summed E-state index contributed by atoms with van der Waals surface area (Å²) >= 11 is 0. The van der Waals surface area contributed by atoms with Crippen LogP contribution >= 0.6 is 0 Å². The van der Waals surface area contributed by atoms with Crippen LogP contribution in [0.2, 0.25) is 0 Å². The first-order valence-corrected chi connectivity index (χ1v) is 12.0. The van der Waals surface area contributed by atoms with Gasteiger partial charge in [0.15, 0.2) is 0 Å². The molecule has 3 aliphatic carbocycles. The van der Waals surface area contributed by atoms with E-state index in [1.807, 2.05) is 0 Å². The maximum atomic E-state index is 2.56. The van der Waals surface area contributed by atoms with Gasteiger partial charge in [-0.2, -0.15) is 0 Å². The van der Waals surface area contributed by atoms with Crippen LogP contribution in [-0.2, 0) is 11.8 Å². The summed E-state index contributed by atoms with van der Waals surface area (Å²) in [6.45, 7) is 11.7. The minimum Gasteiger partial charge on any atom is -0.0833 e. The van der Waals surface area contributed by atoms with Crippen LogP contribution in [0.5, 0.6) is 0 Å². The van der Waals surface area contributed by atoms with E-state index in [1.165, 1.54) is 51.0 Å². The van der Waals surface area contributed by atoms with Gasteiger partial charge >= 0.3 is 0 Å². The average molecular weight is 407 g/mol. The highest BCUT2D eigenvalue weighted by Crippen LogP contribution is 2.51. The van der Waals surface area contributed by atoms with Crippen LogP contribution in [0.25, 0.3) is 16.7 Å². The molecule has 5 rings (SSSR count). The van der Waals surface area contributed by atoms with Gasteiger partial charge in [0.25, 0.3) is 0 Å². The van der Waals surface area contributed by atoms with Crippen molar-refractivity contribution < 1.29 is 0 Å². The van der Waals surface area contributed by atoms with E-state index in [1.54, 1.807) is 11.1 Å². The molecular formula is C31H34. The summed E-state index contributed by atoms with van der Waals surface area (Å²) in [4.78, 5) is 0. The predicted molar refractivity (Wildman–Crippen MR) is 135 cm³/mol. The fraction of sp³-hybridized carbons (Fsp3) is 0.355. The van der Waals surface area contributed by atoms with Gasteiger partial charge in [-0.25, -0.2) is 0 Å². The molecule has 0 bridgehead atoms. The first-order valence-electron chi connectivity index (χ1n) is 12.0. The summed E-state index contributed by atoms with van der Waals surface area (Å²) in [5.41, 5.74) is 15.0. The lowest BCUT2D eigenvalue weighted by molar-refractivity contribution is 0.582. The van der Waals surface area contributed by atoms with E-state index in [4.69, 9.17) is 0 Å². The number of hydrogen-bond donors (Lipinski definition) is 0. The summed E-state index contributed by atoms with van der Waals surface area (Å²) < 4.78 is 0. The Bertz CT molecular complexity index is 1180. The van der Waals surface area contributed by atoms with Gasteiger partial charge in [-0.1, -0.05) is 94.0 Å². The number of benzene rings is 2. The van der Waals surface area contributed by atoms with Crippen LogP contribution in [0.15, 0.2) is 66.3 Å². The molecule has 0 saturated carbocycles. The summed E-state index contributed by atoms with van der Waals surface area (Å²) in [6.07, 6.45) is 14.3. The topological polar surface area (TPSA) is 0 Å². The average Bonchev–Trinajstić information content (AvgIpc) is 3.29. The molecule has 3 aliphatic rings. The predicted octanol–water partition coefficient (Wildman–Crippen LogP) is 8.46. The standard InChI is InChI=1S/C31H34/c1-6-22(24-13-9-8-11-20(24)3)17-23-19-31(5,7-2)29-16-15-26-25-14-10-12-21(4)27(25)18-28(26)30(23)29/h8-11,13-17,19,21H,6-7,12,18H2,1-5H3/b22-17-. The minimum atomic E-state index is 0.116. The molecule has 0 spiro atoms. The molecule has 0 aromatic heterocycles. The molecule has 0 aliphatic heterocycles. The molecular weight excluding hydrogens is 372 g/mol. The molecule has 0 nitrogen and oxygen atoms in total. The molecule has 0 saturated heterocycles. The minimum absolute atomic E-state index is 0.116. The van der Waals surface area contributed by atoms with E-state index in [9.17, 15) is 0 Å². The van der Waals surface area contributed by atoms with E-state index < -0.39 is 0 Å². The van der Waals surface area contributed by atoms with E-state index in [0.29, 0.717) is 5.92 Å². The summed E-state index contributed by atoms with van der Waals surface area (Å²) in [6, 6.07) is 13.7. The smallest absolute Gasteiger partial charge is 0.0116 e. The Kier molecular flexibility index (Phi) is 4.93. The van der Waals surface area contributed by atoms with E-state index in [2.05, 4.69) is 95.3 Å². The third-order valence-corrected chi connectivity index (χ3v) is 8.00. The Labute approximate surface area is 188 Å². The highest BCUT2D eigenvalue weighted by molar-refractivity contribution is 5.95. The summed E-state index contributed by atoms with van der Waals surface area (Å²) in [7, 11) is 0. The van der Waals surface area contributed by atoms with Crippen molar-refractivity contribution in [3.63, 3.8) is 0 Å². The van der Waals surface area contributed by atoms with Crippen molar-refractivity contribution in [2.75, 3.05) is 0 Å². The molecule has 158 valence electrons. The Morgan fingerprint density at radius 1 is 1.13 bits per heavy atom. The van der Waals surface area contributed by atoms with Crippen molar-refractivity contribution in [3.05, 3.63) is 99.7 Å². The van der Waals surface area contributed by atoms with Crippen LogP contribution in [0.4, 0.5) is 0 Å². The normalized spacial score (nSPS) is 24.2. The van der Waals surface area contributed by atoms with Crippen molar-refractivity contribution >= 4 is 16.7 Å². The lowest BCUT2D eigenvalue weighted by Crippen LogP contribution is -2.15. The van der Waals surface area contributed by atoms with Gasteiger partial charge in [-0.3, -0.25) is 0 Å². The molecule has 2 atom stereocenters. The SMILES string of the molecule is CC/C(=C/C1=CC(C)(CC)c2ccc3c(c21)CC1=C3C=CCC1C)c1ccccc1C. The van der Waals surface area contributed by atoms with Crippen molar-refractivity contribution in [1.82, 2.24) is 0 Å². The van der Waals surface area contributed by atoms with Crippen molar-refractivity contribution in [2.45, 2.75) is 65.7 Å². The van der Waals surface area contributed by atoms with Gasteiger partial charge in [-0.05, 0) is 88.6 Å². The fourth-order valence-electron chi connectivity index (χ4n) is 5.91. The second-order valence-electron chi connectivity index (χ2n) is 9.88. The van der Waals surface area contributed by atoms with E-state index in [0.717, 1.165) is 19.3 Å². The second-order valence-corrected chi connectivity index (χ2v) is 9.88. The van der Waals surface area contributed by atoms with E-state index in [-0.39, 0.29) is 5.41 Å². The van der Waals surface area contributed by atoms with Crippen molar-refractivity contribution in [1.29, 1.82) is 0 Å². The first-order chi connectivity index (χ1) is 15.0. The van der Waals surface area contributed by atoms with Crippen LogP contribution < -0.4 is 0 Å². The Morgan fingerprint density at radius 3 is 2.68 bits per heavy atom. The van der Waals surface area contributed by atoms with Crippen LogP contribution in [0, 0.1) is 12.8 Å². The highest BCUT2D eigenvalue weighted by Gasteiger charge is 2.37. The quantitative estimate of drug-likeness (QED) is 0.478. The monoisotopic (exact) mass is 406 g/mol. The maximum Gasteiger partial charge on any atom is 0.0116 e. The number of allylic oxidation sites excluding steroid dienone is 8. The lowest BCUT2D eigenvalue weighted by Gasteiger charge is -2.23. The molecule has 0 fully saturated rings. The van der Waals surface area contributed by atoms with Crippen molar-refractivity contribution in [3.8, 4) is 0 Å². The highest BCUT2D eigenvalue weighted by atomic mass is 14.4. The van der Waals surface area contributed by atoms with Crippen LogP contribution in [0.3, 0.4) is 0 Å². The first kappa shape index (κ1) is 20.3. The van der Waals surface area contributed by atoms with Gasteiger partial charge in [-0.15, -0.1) is 0 Å². The summed E-state index contributed by atoms with van der Waals surface area (Å²) in [5.74, 6) is 0.656. The molecule has 0 amide bonds. The fourth-order valence-corrected chi connectivity index (χ4v) is 5.91. The third kappa shape index (κ3) is 3.11. The number of rotatable bonds is 4. The van der Waals surface area contributed by atoms with Gasteiger partial charge in [0.05, 0.1) is 0 Å². The van der Waals surface area contributed by atoms with Gasteiger partial charge < -0.3 is 0 Å². The van der Waals surface area contributed by atoms with Gasteiger partial charge in [0, 0.05) is 5.41 Å². The zero-order valence-corrected chi connectivity index (χ0v) is 19.7. The largest absolute Gasteiger partial charge is 0.0833 e. The van der Waals surface area contributed by atoms with Gasteiger partial charge in [0.1, 0.15) is 0 Å². The lowest BCUT2D eigenvalue weighted by atomic mass is 9.81. The molecule has 0 radical (unpaired) electrons. The second kappa shape index (κ2) is 7.52. The molecule has 31 heavy (non-hydrogen) atoms. The number of fused-ring (bicyclic) bond motifs is 4. The maximum absolute atomic E-state index is 2.56. The Balaban J connectivity index is 1.68. The molecule has 2 aromatic carbocycles. The van der Waals surface area contributed by atoms with Gasteiger partial charge in [0.2, 0.25) is 0 Å². The zero-order chi connectivity index (χ0) is 21.8. The zero-order valence-electron chi connectivity index (χ0n) is 19.7. The number of hydrogen-bond acceptors (Lipinski definition) is 0. The van der Waals surface area contributed by atoms with Crippen LogP contribution in [-0.4, -0.2) is 0 Å².